The van der Waals surface area contributed by atoms with Crippen molar-refractivity contribution < 1.29 is 19.2 Å². The highest BCUT2D eigenvalue weighted by molar-refractivity contribution is 9.11. The summed E-state index contributed by atoms with van der Waals surface area (Å²) >= 11 is 6.79. The van der Waals surface area contributed by atoms with E-state index < -0.39 is 6.04 Å². The van der Waals surface area contributed by atoms with Gasteiger partial charge in [0.25, 0.3) is 0 Å². The van der Waals surface area contributed by atoms with Gasteiger partial charge in [-0.25, -0.2) is 4.79 Å². The summed E-state index contributed by atoms with van der Waals surface area (Å²) in [7, 11) is 2.05. The van der Waals surface area contributed by atoms with Gasteiger partial charge in [-0.2, -0.15) is 0 Å². The predicted molar refractivity (Wildman–Crippen MR) is 194 cm³/mol. The van der Waals surface area contributed by atoms with Gasteiger partial charge in [-0.1, -0.05) is 36.4 Å². The number of halogens is 2. The van der Waals surface area contributed by atoms with Crippen molar-refractivity contribution in [2.75, 3.05) is 68.8 Å². The van der Waals surface area contributed by atoms with E-state index in [9.17, 15) is 19.2 Å². The van der Waals surface area contributed by atoms with Crippen molar-refractivity contribution in [1.29, 1.82) is 0 Å². The summed E-state index contributed by atoms with van der Waals surface area (Å²) in [6.45, 7) is 4.12. The molecule has 0 aromatic heterocycles. The van der Waals surface area contributed by atoms with E-state index in [0.717, 1.165) is 48.7 Å². The molecule has 3 heterocycles. The molecule has 1 atom stereocenters. The van der Waals surface area contributed by atoms with E-state index >= 15 is 0 Å². The number of likely N-dealkylation sites (N-methyl/N-ethyl adjacent to an activating group) is 1. The molecule has 252 valence electrons. The van der Waals surface area contributed by atoms with E-state index in [-0.39, 0.29) is 42.6 Å². The molecule has 3 aromatic rings. The van der Waals surface area contributed by atoms with Crippen LogP contribution in [0.3, 0.4) is 0 Å². The molecule has 13 heteroatoms. The van der Waals surface area contributed by atoms with Crippen LogP contribution >= 0.6 is 31.9 Å². The predicted octanol–water partition coefficient (Wildman–Crippen LogP) is 4.81. The molecule has 0 spiro atoms. The number of nitrogens with zero attached hydrogens (tertiary/aromatic N) is 4. The van der Waals surface area contributed by atoms with E-state index in [4.69, 9.17) is 5.73 Å². The maximum atomic E-state index is 14.1. The Hall–Kier alpha value is -3.78. The summed E-state index contributed by atoms with van der Waals surface area (Å²) in [4.78, 5) is 62.3. The number of likely N-dealkylation sites (tertiary alicyclic amines) is 1. The van der Waals surface area contributed by atoms with Gasteiger partial charge in [0.1, 0.15) is 6.04 Å². The van der Waals surface area contributed by atoms with E-state index in [1.54, 1.807) is 17.0 Å². The van der Waals surface area contributed by atoms with Crippen LogP contribution < -0.4 is 21.3 Å². The molecule has 2 saturated heterocycles. The third kappa shape index (κ3) is 7.44. The number of amides is 4. The zero-order valence-electron chi connectivity index (χ0n) is 26.8. The van der Waals surface area contributed by atoms with Gasteiger partial charge < -0.3 is 26.2 Å². The van der Waals surface area contributed by atoms with Crippen molar-refractivity contribution in [3.8, 4) is 11.1 Å². The van der Waals surface area contributed by atoms with Crippen molar-refractivity contribution in [3.05, 3.63) is 75.2 Å². The molecule has 0 unspecified atom stereocenters. The zero-order chi connectivity index (χ0) is 33.9. The number of carbonyl (C=O) groups excluding carboxylic acids is 4. The molecule has 3 aromatic carbocycles. The lowest BCUT2D eigenvalue weighted by Gasteiger charge is -2.39. The Morgan fingerprint density at radius 3 is 2.23 bits per heavy atom. The molecule has 3 aliphatic heterocycles. The molecule has 2 fully saturated rings. The first-order valence-corrected chi connectivity index (χ1v) is 17.7. The van der Waals surface area contributed by atoms with E-state index in [1.165, 1.54) is 0 Å². The minimum atomic E-state index is -1.04. The third-order valence-corrected chi connectivity index (χ3v) is 10.7. The van der Waals surface area contributed by atoms with Gasteiger partial charge in [0, 0.05) is 77.4 Å². The number of carbonyl (C=O) groups is 4. The molecule has 4 amide bonds. The molecule has 3 aliphatic rings. The lowest BCUT2D eigenvalue weighted by atomic mass is 9.97. The van der Waals surface area contributed by atoms with Crippen LogP contribution in [0.2, 0.25) is 0 Å². The number of nitrogens with two attached hydrogens (primary N) is 1. The zero-order valence-corrected chi connectivity index (χ0v) is 29.9. The first kappa shape index (κ1) is 34.1. The van der Waals surface area contributed by atoms with Gasteiger partial charge in [0.05, 0.1) is 23.6 Å². The largest absolute Gasteiger partial charge is 0.397 e. The van der Waals surface area contributed by atoms with Gasteiger partial charge in [-0.3, -0.25) is 24.2 Å². The minimum absolute atomic E-state index is 0.152. The van der Waals surface area contributed by atoms with Crippen LogP contribution in [0.5, 0.6) is 0 Å². The van der Waals surface area contributed by atoms with Crippen LogP contribution in [0, 0.1) is 0 Å². The third-order valence-electron chi connectivity index (χ3n) is 9.37. The van der Waals surface area contributed by atoms with Crippen LogP contribution in [0.15, 0.2) is 69.6 Å². The fourth-order valence-electron chi connectivity index (χ4n) is 6.65. The van der Waals surface area contributed by atoms with Gasteiger partial charge in [-0.15, -0.1) is 0 Å². The Kier molecular flexibility index (Phi) is 10.5. The van der Waals surface area contributed by atoms with Gasteiger partial charge >= 0.3 is 6.03 Å². The molecular weight excluding hydrogens is 742 g/mol. The molecule has 6 rings (SSSR count). The van der Waals surface area contributed by atoms with Crippen LogP contribution in [-0.4, -0.2) is 103 Å². The summed E-state index contributed by atoms with van der Waals surface area (Å²) in [6, 6.07) is 17.5. The maximum absolute atomic E-state index is 14.1. The second-order valence-electron chi connectivity index (χ2n) is 12.6. The van der Waals surface area contributed by atoms with Crippen molar-refractivity contribution in [2.45, 2.75) is 31.3 Å². The number of piperidine rings is 1. The number of ketones is 1. The number of hydrogen-bond donors (Lipinski definition) is 3. The number of urea groups is 1. The van der Waals surface area contributed by atoms with E-state index in [2.05, 4.69) is 52.3 Å². The van der Waals surface area contributed by atoms with Crippen molar-refractivity contribution in [2.24, 2.45) is 0 Å². The topological polar surface area (TPSA) is 131 Å². The average Bonchev–Trinajstić information content (AvgIpc) is 3.20. The molecule has 0 bridgehead atoms. The number of piperazine rings is 1. The number of Topliss-reactive ketones (excluding diaryl/α,β-unsaturated/α-hetero) is 1. The molecule has 0 radical (unpaired) electrons. The summed E-state index contributed by atoms with van der Waals surface area (Å²) in [6.07, 6.45) is 0.880. The molecular formula is C35H39Br2N7O4. The number of fused-ring (bicyclic) bond motifs is 3. The van der Waals surface area contributed by atoms with E-state index in [0.29, 0.717) is 46.1 Å². The fourth-order valence-corrected chi connectivity index (χ4v) is 7.83. The summed E-state index contributed by atoms with van der Waals surface area (Å²) in [5.41, 5.74) is 10.4. The second kappa shape index (κ2) is 14.8. The Morgan fingerprint density at radius 1 is 0.917 bits per heavy atom. The lowest BCUT2D eigenvalue weighted by molar-refractivity contribution is -0.137. The highest BCUT2D eigenvalue weighted by Gasteiger charge is 2.36. The Bertz CT molecular complexity index is 1700. The number of hydrogen-bond acceptors (Lipinski definition) is 7. The van der Waals surface area contributed by atoms with Crippen LogP contribution in [0.1, 0.15) is 29.6 Å². The van der Waals surface area contributed by atoms with Gasteiger partial charge in [0.2, 0.25) is 11.8 Å². The number of para-hydroxylation sites is 2. The quantitative estimate of drug-likeness (QED) is 0.221. The smallest absolute Gasteiger partial charge is 0.326 e. The van der Waals surface area contributed by atoms with Gasteiger partial charge in [-0.05, 0) is 76.0 Å². The molecule has 48 heavy (non-hydrogen) atoms. The van der Waals surface area contributed by atoms with Crippen LogP contribution in [0.4, 0.5) is 21.9 Å². The number of nitrogens with one attached hydrogen (secondary N) is 2. The van der Waals surface area contributed by atoms with Crippen LogP contribution in [-0.2, 0) is 9.59 Å². The second-order valence-corrected chi connectivity index (χ2v) is 14.3. The molecule has 11 nitrogen and oxygen atoms in total. The van der Waals surface area contributed by atoms with Crippen LogP contribution in [0.25, 0.3) is 11.1 Å². The average molecular weight is 782 g/mol. The van der Waals surface area contributed by atoms with Crippen molar-refractivity contribution in [3.63, 3.8) is 0 Å². The number of anilines is 3. The molecule has 0 saturated carbocycles. The summed E-state index contributed by atoms with van der Waals surface area (Å²) in [5.74, 6) is -0.894. The lowest BCUT2D eigenvalue weighted by Crippen LogP contribution is -2.56. The highest BCUT2D eigenvalue weighted by atomic mass is 79.9. The standard InChI is InChI=1S/C35H39Br2N7O4/c1-41-14-16-42(17-15-41)21-32(46)39-29(20-31(45)22-18-26(36)33(38)27(37)19-22)34(47)43-12-10-23(11-13-43)44-30-9-5-3-7-25(30)24-6-2-4-8-28(24)40-35(44)48/h2-9,18-19,23,29H,10-17,20-21,38H2,1H3,(H,39,46)(H,40,48)/t29-/m1/s1. The maximum Gasteiger partial charge on any atom is 0.326 e. The number of benzene rings is 3. The van der Waals surface area contributed by atoms with Crippen molar-refractivity contribution in [1.82, 2.24) is 20.0 Å². The SMILES string of the molecule is CN1CCN(CC(=O)N[C@H](CC(=O)c2cc(Br)c(N)c(Br)c2)C(=O)N2CCC(N3C(=O)Nc4ccccc4-c4ccccc43)CC2)CC1. The minimum Gasteiger partial charge on any atom is -0.397 e. The fraction of sp³-hybridized carbons (Fsp3) is 0.371. The normalized spacial score (nSPS) is 17.9. The highest BCUT2D eigenvalue weighted by Crippen LogP contribution is 2.40. The Morgan fingerprint density at radius 2 is 1.54 bits per heavy atom. The first-order valence-electron chi connectivity index (χ1n) is 16.1. The first-order chi connectivity index (χ1) is 23.1. The Balaban J connectivity index is 1.17. The van der Waals surface area contributed by atoms with Gasteiger partial charge in [0.15, 0.2) is 5.78 Å². The summed E-state index contributed by atoms with van der Waals surface area (Å²) < 4.78 is 1.12. The number of rotatable bonds is 8. The molecule has 0 aliphatic carbocycles. The monoisotopic (exact) mass is 779 g/mol. The summed E-state index contributed by atoms with van der Waals surface area (Å²) in [5, 5.41) is 5.97. The van der Waals surface area contributed by atoms with Crippen molar-refractivity contribution >= 4 is 72.6 Å². The Labute approximate surface area is 297 Å². The number of nitrogen functional groups attached to an aromatic ring is 1. The van der Waals surface area contributed by atoms with E-state index in [1.807, 2.05) is 60.5 Å². The molecule has 4 N–H and O–H groups in total.